The van der Waals surface area contributed by atoms with E-state index >= 15 is 0 Å². The maximum atomic E-state index is 12.7. The number of hydrogen-bond donors (Lipinski definition) is 0. The molecular formula is C18H25N5O3. The number of fused-ring (bicyclic) bond motifs is 1. The molecule has 0 bridgehead atoms. The average molecular weight is 359 g/mol. The SMILES string of the molecule is Cc1noc(C)c1CN1Cc2ccnn2C(CC(=O)N2CCOCC2)C1. The Kier molecular flexibility index (Phi) is 4.78. The highest BCUT2D eigenvalue weighted by Gasteiger charge is 2.30. The van der Waals surface area contributed by atoms with Crippen molar-refractivity contribution in [2.24, 2.45) is 0 Å². The van der Waals surface area contributed by atoms with E-state index in [1.807, 2.05) is 35.7 Å². The molecule has 1 amide bonds. The fourth-order valence-corrected chi connectivity index (χ4v) is 3.83. The summed E-state index contributed by atoms with van der Waals surface area (Å²) in [6.07, 6.45) is 2.29. The summed E-state index contributed by atoms with van der Waals surface area (Å²) in [6.45, 7) is 8.90. The molecule has 2 aliphatic heterocycles. The Morgan fingerprint density at radius 3 is 2.85 bits per heavy atom. The molecule has 2 aromatic heterocycles. The van der Waals surface area contributed by atoms with Gasteiger partial charge < -0.3 is 14.2 Å². The van der Waals surface area contributed by atoms with E-state index in [0.29, 0.717) is 32.7 Å². The van der Waals surface area contributed by atoms with E-state index in [0.717, 1.165) is 42.3 Å². The molecule has 1 saturated heterocycles. The lowest BCUT2D eigenvalue weighted by atomic mass is 10.1. The Morgan fingerprint density at radius 1 is 1.31 bits per heavy atom. The molecule has 4 rings (SSSR count). The monoisotopic (exact) mass is 359 g/mol. The summed E-state index contributed by atoms with van der Waals surface area (Å²) in [5, 5.41) is 8.52. The second-order valence-electron chi connectivity index (χ2n) is 7.09. The van der Waals surface area contributed by atoms with Crippen LogP contribution >= 0.6 is 0 Å². The summed E-state index contributed by atoms with van der Waals surface area (Å²) in [5.41, 5.74) is 3.21. The van der Waals surface area contributed by atoms with E-state index in [4.69, 9.17) is 9.26 Å². The van der Waals surface area contributed by atoms with Crippen LogP contribution in [0.15, 0.2) is 16.8 Å². The molecule has 0 radical (unpaired) electrons. The minimum absolute atomic E-state index is 0.0459. The molecule has 0 aromatic carbocycles. The quantitative estimate of drug-likeness (QED) is 0.819. The first-order chi connectivity index (χ1) is 12.6. The standard InChI is InChI=1S/C18H25N5O3/c1-13-17(14(2)26-20-13)12-21-10-15-3-4-19-23(15)16(11-21)9-18(24)22-5-7-25-8-6-22/h3-4,16H,5-12H2,1-2H3. The summed E-state index contributed by atoms with van der Waals surface area (Å²) < 4.78 is 12.7. The van der Waals surface area contributed by atoms with E-state index in [2.05, 4.69) is 15.2 Å². The Balaban J connectivity index is 1.48. The summed E-state index contributed by atoms with van der Waals surface area (Å²) in [6, 6.07) is 2.08. The average Bonchev–Trinajstić information content (AvgIpc) is 3.24. The predicted octanol–water partition coefficient (Wildman–Crippen LogP) is 1.29. The third-order valence-electron chi connectivity index (χ3n) is 5.29. The fraction of sp³-hybridized carbons (Fsp3) is 0.611. The third kappa shape index (κ3) is 3.39. The van der Waals surface area contributed by atoms with Gasteiger partial charge in [0, 0.05) is 44.5 Å². The number of carbonyl (C=O) groups is 1. The minimum Gasteiger partial charge on any atom is -0.378 e. The summed E-state index contributed by atoms with van der Waals surface area (Å²) in [7, 11) is 0. The maximum Gasteiger partial charge on any atom is 0.224 e. The lowest BCUT2D eigenvalue weighted by Gasteiger charge is -2.35. The molecule has 0 saturated carbocycles. The second-order valence-corrected chi connectivity index (χ2v) is 7.09. The molecule has 26 heavy (non-hydrogen) atoms. The first-order valence-electron chi connectivity index (χ1n) is 9.14. The predicted molar refractivity (Wildman–Crippen MR) is 93.4 cm³/mol. The van der Waals surface area contributed by atoms with E-state index in [-0.39, 0.29) is 11.9 Å². The molecule has 0 spiro atoms. The number of morpholine rings is 1. The maximum absolute atomic E-state index is 12.7. The van der Waals surface area contributed by atoms with Crippen LogP contribution in [0.4, 0.5) is 0 Å². The highest BCUT2D eigenvalue weighted by Crippen LogP contribution is 2.26. The van der Waals surface area contributed by atoms with E-state index < -0.39 is 0 Å². The van der Waals surface area contributed by atoms with Crippen LogP contribution in [0, 0.1) is 13.8 Å². The Bertz CT molecular complexity index is 758. The van der Waals surface area contributed by atoms with Crippen molar-refractivity contribution < 1.29 is 14.1 Å². The number of nitrogens with zero attached hydrogens (tertiary/aromatic N) is 5. The van der Waals surface area contributed by atoms with Gasteiger partial charge in [-0.1, -0.05) is 5.16 Å². The van der Waals surface area contributed by atoms with Crippen molar-refractivity contribution in [2.45, 2.75) is 39.4 Å². The van der Waals surface area contributed by atoms with Gasteiger partial charge in [0.1, 0.15) is 5.76 Å². The molecular weight excluding hydrogens is 334 g/mol. The number of aromatic nitrogens is 3. The molecule has 8 nitrogen and oxygen atoms in total. The molecule has 1 unspecified atom stereocenters. The first-order valence-corrected chi connectivity index (χ1v) is 9.14. The molecule has 8 heteroatoms. The van der Waals surface area contributed by atoms with Gasteiger partial charge in [-0.15, -0.1) is 0 Å². The van der Waals surface area contributed by atoms with Gasteiger partial charge in [0.25, 0.3) is 0 Å². The van der Waals surface area contributed by atoms with Gasteiger partial charge in [-0.3, -0.25) is 14.4 Å². The zero-order chi connectivity index (χ0) is 18.1. The van der Waals surface area contributed by atoms with Crippen molar-refractivity contribution in [3.05, 3.63) is 35.0 Å². The number of rotatable bonds is 4. The number of amides is 1. The van der Waals surface area contributed by atoms with Gasteiger partial charge in [0.15, 0.2) is 0 Å². The normalized spacial score (nSPS) is 21.0. The van der Waals surface area contributed by atoms with Gasteiger partial charge in [-0.25, -0.2) is 0 Å². The fourth-order valence-electron chi connectivity index (χ4n) is 3.83. The summed E-state index contributed by atoms with van der Waals surface area (Å²) >= 11 is 0. The van der Waals surface area contributed by atoms with E-state index in [9.17, 15) is 4.79 Å². The molecule has 2 aromatic rings. The van der Waals surface area contributed by atoms with Gasteiger partial charge in [0.05, 0.1) is 37.1 Å². The van der Waals surface area contributed by atoms with Crippen LogP contribution < -0.4 is 0 Å². The van der Waals surface area contributed by atoms with Gasteiger partial charge in [0.2, 0.25) is 5.91 Å². The smallest absolute Gasteiger partial charge is 0.224 e. The molecule has 2 aliphatic rings. The third-order valence-corrected chi connectivity index (χ3v) is 5.29. The number of aryl methyl sites for hydroxylation is 2. The van der Waals surface area contributed by atoms with Crippen LogP contribution in [-0.4, -0.2) is 63.5 Å². The molecule has 1 atom stereocenters. The molecule has 1 fully saturated rings. The minimum atomic E-state index is 0.0459. The Morgan fingerprint density at radius 2 is 2.12 bits per heavy atom. The lowest BCUT2D eigenvalue weighted by Crippen LogP contribution is -2.44. The summed E-state index contributed by atoms with van der Waals surface area (Å²) in [4.78, 5) is 17.0. The zero-order valence-corrected chi connectivity index (χ0v) is 15.3. The lowest BCUT2D eigenvalue weighted by molar-refractivity contribution is -0.136. The van der Waals surface area contributed by atoms with Crippen LogP contribution in [0.2, 0.25) is 0 Å². The van der Waals surface area contributed by atoms with E-state index in [1.54, 1.807) is 0 Å². The van der Waals surface area contributed by atoms with Gasteiger partial charge >= 0.3 is 0 Å². The van der Waals surface area contributed by atoms with Crippen molar-refractivity contribution in [2.75, 3.05) is 32.8 Å². The first kappa shape index (κ1) is 17.2. The molecule has 4 heterocycles. The van der Waals surface area contributed by atoms with Gasteiger partial charge in [-0.05, 0) is 19.9 Å². The van der Waals surface area contributed by atoms with Crippen LogP contribution in [0.1, 0.15) is 35.2 Å². The largest absolute Gasteiger partial charge is 0.378 e. The number of carbonyl (C=O) groups excluding carboxylic acids is 1. The van der Waals surface area contributed by atoms with Crippen LogP contribution in [0.3, 0.4) is 0 Å². The Hall–Kier alpha value is -2.19. The van der Waals surface area contributed by atoms with Crippen LogP contribution in [0.25, 0.3) is 0 Å². The van der Waals surface area contributed by atoms with Crippen molar-refractivity contribution in [3.8, 4) is 0 Å². The highest BCUT2D eigenvalue weighted by atomic mass is 16.5. The van der Waals surface area contributed by atoms with Crippen molar-refractivity contribution in [1.29, 1.82) is 0 Å². The topological polar surface area (TPSA) is 76.6 Å². The van der Waals surface area contributed by atoms with Crippen molar-refractivity contribution in [3.63, 3.8) is 0 Å². The molecule has 0 aliphatic carbocycles. The zero-order valence-electron chi connectivity index (χ0n) is 15.3. The second kappa shape index (κ2) is 7.20. The van der Waals surface area contributed by atoms with Crippen LogP contribution in [-0.2, 0) is 22.6 Å². The number of hydrogen-bond acceptors (Lipinski definition) is 6. The Labute approximate surface area is 152 Å². The van der Waals surface area contributed by atoms with Crippen molar-refractivity contribution >= 4 is 5.91 Å². The highest BCUT2D eigenvalue weighted by molar-refractivity contribution is 5.76. The molecule has 0 N–H and O–H groups in total. The molecule has 140 valence electrons. The summed E-state index contributed by atoms with van der Waals surface area (Å²) in [5.74, 6) is 1.04. The van der Waals surface area contributed by atoms with E-state index in [1.165, 1.54) is 0 Å². The van der Waals surface area contributed by atoms with Gasteiger partial charge in [-0.2, -0.15) is 5.10 Å². The number of ether oxygens (including phenoxy) is 1. The van der Waals surface area contributed by atoms with Crippen LogP contribution in [0.5, 0.6) is 0 Å². The van der Waals surface area contributed by atoms with Crippen molar-refractivity contribution in [1.82, 2.24) is 24.7 Å².